The van der Waals surface area contributed by atoms with E-state index in [1.807, 2.05) is 24.3 Å². The van der Waals surface area contributed by atoms with E-state index < -0.39 is 0 Å². The lowest BCUT2D eigenvalue weighted by Crippen LogP contribution is -2.09. The third-order valence-electron chi connectivity index (χ3n) is 1.92. The van der Waals surface area contributed by atoms with Gasteiger partial charge in [0, 0.05) is 0 Å². The first kappa shape index (κ1) is 9.85. The number of hydrogen-bond donors (Lipinski definition) is 3. The second-order valence-electron chi connectivity index (χ2n) is 2.96. The molecular weight excluding hydrogens is 210 g/mol. The topological polar surface area (TPSA) is 93.1 Å². The van der Waals surface area contributed by atoms with Crippen LogP contribution in [0.3, 0.4) is 0 Å². The Kier molecular flexibility index (Phi) is 2.77. The number of benzene rings is 1. The number of nitrogens with two attached hydrogens (primary N) is 2. The number of aromatic amines is 1. The summed E-state index contributed by atoms with van der Waals surface area (Å²) in [5.74, 6) is 6.53. The van der Waals surface area contributed by atoms with Crippen LogP contribution in [0.25, 0.3) is 11.0 Å². The molecule has 0 bridgehead atoms. The molecule has 2 aromatic rings. The van der Waals surface area contributed by atoms with Crippen molar-refractivity contribution in [1.82, 2.24) is 9.97 Å². The number of nitrogens with one attached hydrogen (secondary N) is 1. The van der Waals surface area contributed by atoms with Crippen molar-refractivity contribution in [1.29, 1.82) is 0 Å². The highest BCUT2D eigenvalue weighted by molar-refractivity contribution is 8.13. The monoisotopic (exact) mass is 221 g/mol. The molecule has 0 unspecified atom stereocenters. The normalized spacial score (nSPS) is 12.1. The molecule has 0 amide bonds. The third-order valence-corrected chi connectivity index (χ3v) is 2.74. The number of hydrazone groups is 1. The first-order valence-electron chi connectivity index (χ1n) is 4.39. The first-order chi connectivity index (χ1) is 7.29. The summed E-state index contributed by atoms with van der Waals surface area (Å²) in [4.78, 5) is 7.58. The second-order valence-corrected chi connectivity index (χ2v) is 3.95. The Hall–Kier alpha value is -1.69. The predicted molar refractivity (Wildman–Crippen MR) is 63.2 cm³/mol. The number of para-hydroxylation sites is 2. The summed E-state index contributed by atoms with van der Waals surface area (Å²) in [6.45, 7) is 0. The smallest absolute Gasteiger partial charge is 0.177 e. The fraction of sp³-hybridized carbons (Fsp3) is 0.111. The van der Waals surface area contributed by atoms with Gasteiger partial charge < -0.3 is 16.6 Å². The molecule has 1 aromatic heterocycles. The van der Waals surface area contributed by atoms with Crippen molar-refractivity contribution in [2.24, 2.45) is 16.7 Å². The summed E-state index contributed by atoms with van der Waals surface area (Å²) in [7, 11) is 0. The molecule has 0 radical (unpaired) electrons. The van der Waals surface area contributed by atoms with Gasteiger partial charge in [0.1, 0.15) is 5.82 Å². The van der Waals surface area contributed by atoms with Crippen molar-refractivity contribution in [3.63, 3.8) is 0 Å². The van der Waals surface area contributed by atoms with Gasteiger partial charge in [-0.3, -0.25) is 0 Å². The van der Waals surface area contributed by atoms with Gasteiger partial charge in [0.15, 0.2) is 5.17 Å². The highest BCUT2D eigenvalue weighted by Crippen LogP contribution is 2.14. The molecule has 1 heterocycles. The van der Waals surface area contributed by atoms with Gasteiger partial charge in [-0.25, -0.2) is 4.98 Å². The number of aromatic nitrogens is 2. The number of nitrogens with zero attached hydrogens (tertiary/aromatic N) is 2. The lowest BCUT2D eigenvalue weighted by Gasteiger charge is -1.94. The summed E-state index contributed by atoms with van der Waals surface area (Å²) < 4.78 is 0. The van der Waals surface area contributed by atoms with Gasteiger partial charge in [0.25, 0.3) is 0 Å². The average Bonchev–Trinajstić information content (AvgIpc) is 2.68. The zero-order valence-corrected chi connectivity index (χ0v) is 8.79. The predicted octanol–water partition coefficient (Wildman–Crippen LogP) is 0.985. The number of H-pyrrole nitrogens is 1. The summed E-state index contributed by atoms with van der Waals surface area (Å²) in [6.07, 6.45) is 0. The van der Waals surface area contributed by atoms with Gasteiger partial charge in [-0.05, 0) is 12.1 Å². The molecule has 0 fully saturated rings. The van der Waals surface area contributed by atoms with Crippen LogP contribution in [-0.4, -0.2) is 15.1 Å². The zero-order chi connectivity index (χ0) is 10.7. The Morgan fingerprint density at radius 2 is 2.27 bits per heavy atom. The highest BCUT2D eigenvalue weighted by atomic mass is 32.2. The zero-order valence-electron chi connectivity index (χ0n) is 7.97. The van der Waals surface area contributed by atoms with E-state index in [1.54, 1.807) is 0 Å². The van der Waals surface area contributed by atoms with Gasteiger partial charge in [0.05, 0.1) is 16.8 Å². The molecule has 5 nitrogen and oxygen atoms in total. The third kappa shape index (κ3) is 2.21. The molecule has 0 saturated carbocycles. The molecule has 0 atom stereocenters. The quantitative estimate of drug-likeness (QED) is 0.305. The van der Waals surface area contributed by atoms with Crippen molar-refractivity contribution >= 4 is 28.0 Å². The first-order valence-corrected chi connectivity index (χ1v) is 5.38. The maximum absolute atomic E-state index is 5.46. The lowest BCUT2D eigenvalue weighted by atomic mass is 10.3. The number of hydrogen-bond acceptors (Lipinski definition) is 4. The largest absolute Gasteiger partial charge is 0.377 e. The molecular formula is C9H11N5S. The maximum Gasteiger partial charge on any atom is 0.177 e. The fourth-order valence-electron chi connectivity index (χ4n) is 1.25. The van der Waals surface area contributed by atoms with Crippen molar-refractivity contribution in [3.05, 3.63) is 30.1 Å². The van der Waals surface area contributed by atoms with Crippen molar-refractivity contribution in [2.45, 2.75) is 5.75 Å². The minimum absolute atomic E-state index is 0.357. The van der Waals surface area contributed by atoms with Gasteiger partial charge in [0.2, 0.25) is 0 Å². The number of rotatable bonds is 2. The molecule has 0 spiro atoms. The van der Waals surface area contributed by atoms with E-state index in [4.69, 9.17) is 11.6 Å². The average molecular weight is 221 g/mol. The molecule has 6 heteroatoms. The molecule has 1 aromatic carbocycles. The van der Waals surface area contributed by atoms with E-state index in [-0.39, 0.29) is 0 Å². The second kappa shape index (κ2) is 4.22. The molecule has 0 aliphatic rings. The molecule has 5 N–H and O–H groups in total. The summed E-state index contributed by atoms with van der Waals surface area (Å²) in [5, 5.41) is 3.73. The van der Waals surface area contributed by atoms with Crippen molar-refractivity contribution in [2.75, 3.05) is 0 Å². The van der Waals surface area contributed by atoms with Gasteiger partial charge in [-0.1, -0.05) is 23.9 Å². The number of imidazole rings is 1. The van der Waals surface area contributed by atoms with E-state index in [9.17, 15) is 0 Å². The van der Waals surface area contributed by atoms with E-state index in [1.165, 1.54) is 11.8 Å². The summed E-state index contributed by atoms with van der Waals surface area (Å²) >= 11 is 1.35. The Bertz CT molecular complexity index is 457. The van der Waals surface area contributed by atoms with Crippen molar-refractivity contribution in [3.8, 4) is 0 Å². The van der Waals surface area contributed by atoms with Crippen LogP contribution in [0.1, 0.15) is 5.82 Å². The Morgan fingerprint density at radius 3 is 3.00 bits per heavy atom. The molecule has 15 heavy (non-hydrogen) atoms. The minimum Gasteiger partial charge on any atom is -0.377 e. The molecule has 0 aliphatic carbocycles. The van der Waals surface area contributed by atoms with Crippen LogP contribution < -0.4 is 11.6 Å². The van der Waals surface area contributed by atoms with Crippen LogP contribution in [0, 0.1) is 0 Å². The highest BCUT2D eigenvalue weighted by Gasteiger charge is 2.02. The fourth-order valence-corrected chi connectivity index (χ4v) is 1.75. The number of thioether (sulfide) groups is 1. The van der Waals surface area contributed by atoms with E-state index in [0.717, 1.165) is 16.9 Å². The molecule has 78 valence electrons. The van der Waals surface area contributed by atoms with Crippen molar-refractivity contribution < 1.29 is 0 Å². The van der Waals surface area contributed by atoms with E-state index in [0.29, 0.717) is 10.9 Å². The maximum atomic E-state index is 5.46. The van der Waals surface area contributed by atoms with Crippen LogP contribution in [0.2, 0.25) is 0 Å². The molecule has 0 saturated heterocycles. The Morgan fingerprint density at radius 1 is 1.47 bits per heavy atom. The van der Waals surface area contributed by atoms with Gasteiger partial charge in [-0.15, -0.1) is 0 Å². The minimum atomic E-state index is 0.357. The van der Waals surface area contributed by atoms with Gasteiger partial charge >= 0.3 is 0 Å². The van der Waals surface area contributed by atoms with Gasteiger partial charge in [-0.2, -0.15) is 5.10 Å². The number of fused-ring (bicyclic) bond motifs is 1. The SMILES string of the molecule is NN=C(N)SCc1nc2ccccc2[nH]1. The van der Waals surface area contributed by atoms with Crippen LogP contribution in [0.15, 0.2) is 29.4 Å². The van der Waals surface area contributed by atoms with Crippen LogP contribution in [-0.2, 0) is 5.75 Å². The summed E-state index contributed by atoms with van der Waals surface area (Å²) in [6, 6.07) is 7.86. The molecule has 2 rings (SSSR count). The Labute approximate surface area is 90.9 Å². The summed E-state index contributed by atoms with van der Waals surface area (Å²) in [5.41, 5.74) is 7.44. The molecule has 0 aliphatic heterocycles. The van der Waals surface area contributed by atoms with Crippen LogP contribution in [0.4, 0.5) is 0 Å². The van der Waals surface area contributed by atoms with Crippen LogP contribution in [0.5, 0.6) is 0 Å². The lowest BCUT2D eigenvalue weighted by molar-refractivity contribution is 1.14. The van der Waals surface area contributed by atoms with Crippen LogP contribution >= 0.6 is 11.8 Å². The van der Waals surface area contributed by atoms with E-state index in [2.05, 4.69) is 15.1 Å². The van der Waals surface area contributed by atoms with E-state index >= 15 is 0 Å². The standard InChI is InChI=1S/C9H11N5S/c10-9(14-11)15-5-8-12-6-3-1-2-4-7(6)13-8/h1-4H,5,11H2,(H2,10,14)(H,12,13). The number of amidine groups is 1. The Balaban J connectivity index is 2.15.